The molecular weight excluding hydrogens is 386 g/mol. The van der Waals surface area contributed by atoms with Gasteiger partial charge in [0.1, 0.15) is 11.3 Å². The Labute approximate surface area is 179 Å². The number of fused-ring (bicyclic) bond motifs is 4. The maximum Gasteiger partial charge on any atom is 0.338 e. The molecule has 0 unspecified atom stereocenters. The molecule has 4 heteroatoms. The summed E-state index contributed by atoms with van der Waals surface area (Å²) in [5.74, 6) is 0.364. The molecule has 4 nitrogen and oxygen atoms in total. The zero-order valence-electron chi connectivity index (χ0n) is 17.4. The molecule has 0 saturated carbocycles. The summed E-state index contributed by atoms with van der Waals surface area (Å²) in [5, 5.41) is 4.02. The average molecular weight is 407 g/mol. The van der Waals surface area contributed by atoms with Gasteiger partial charge in [-0.25, -0.2) is 4.79 Å². The fraction of sp³-hybridized carbons (Fsp3) is 0.111. The SMILES string of the molecule is CCN=c1ccc2c(-c3ccccc3C(=O)OC)c3c(ccc4ccccc43)oc-2c1. The molecular formula is C27H21NO3. The Kier molecular flexibility index (Phi) is 4.75. The van der Waals surface area contributed by atoms with E-state index in [4.69, 9.17) is 9.15 Å². The maximum atomic E-state index is 12.6. The lowest BCUT2D eigenvalue weighted by molar-refractivity contribution is 0.0601. The summed E-state index contributed by atoms with van der Waals surface area (Å²) >= 11 is 0. The van der Waals surface area contributed by atoms with E-state index >= 15 is 0 Å². The van der Waals surface area contributed by atoms with Crippen LogP contribution in [0.4, 0.5) is 0 Å². The summed E-state index contributed by atoms with van der Waals surface area (Å²) in [5.41, 5.74) is 3.98. The highest BCUT2D eigenvalue weighted by Gasteiger charge is 2.22. The van der Waals surface area contributed by atoms with Gasteiger partial charge in [-0.05, 0) is 47.5 Å². The van der Waals surface area contributed by atoms with Crippen LogP contribution in [0.1, 0.15) is 17.3 Å². The Bertz CT molecular complexity index is 1480. The number of ether oxygens (including phenoxy) is 1. The predicted molar refractivity (Wildman–Crippen MR) is 123 cm³/mol. The van der Waals surface area contributed by atoms with Crippen molar-refractivity contribution in [3.05, 3.63) is 89.8 Å². The van der Waals surface area contributed by atoms with Crippen molar-refractivity contribution in [1.82, 2.24) is 0 Å². The Balaban J connectivity index is 2.01. The number of carbonyl (C=O) groups is 1. The van der Waals surface area contributed by atoms with Crippen molar-refractivity contribution in [1.29, 1.82) is 0 Å². The summed E-state index contributed by atoms with van der Waals surface area (Å²) in [4.78, 5) is 17.1. The molecule has 0 spiro atoms. The molecule has 152 valence electrons. The van der Waals surface area contributed by atoms with Crippen molar-refractivity contribution in [2.75, 3.05) is 13.7 Å². The second-order valence-corrected chi connectivity index (χ2v) is 7.33. The van der Waals surface area contributed by atoms with E-state index in [0.29, 0.717) is 12.1 Å². The third-order valence-corrected chi connectivity index (χ3v) is 5.54. The number of carbonyl (C=O) groups excluding carboxylic acids is 1. The molecule has 0 aromatic heterocycles. The molecule has 0 fully saturated rings. The summed E-state index contributed by atoms with van der Waals surface area (Å²) < 4.78 is 11.4. The van der Waals surface area contributed by atoms with Gasteiger partial charge in [0.05, 0.1) is 18.0 Å². The molecule has 0 saturated heterocycles. The Morgan fingerprint density at radius 2 is 1.74 bits per heavy atom. The highest BCUT2D eigenvalue weighted by Crippen LogP contribution is 2.43. The van der Waals surface area contributed by atoms with Crippen molar-refractivity contribution in [3.63, 3.8) is 0 Å². The average Bonchev–Trinajstić information content (AvgIpc) is 2.82. The first-order valence-corrected chi connectivity index (χ1v) is 10.3. The molecule has 0 atom stereocenters. The van der Waals surface area contributed by atoms with Crippen molar-refractivity contribution < 1.29 is 13.9 Å². The van der Waals surface area contributed by atoms with Crippen LogP contribution < -0.4 is 5.36 Å². The van der Waals surface area contributed by atoms with Gasteiger partial charge in [-0.3, -0.25) is 4.99 Å². The maximum absolute atomic E-state index is 12.6. The standard InChI is InChI=1S/C27H21NO3/c1-3-28-18-13-14-22-24(16-18)31-23-15-12-17-8-4-5-9-19(17)26(23)25(22)20-10-6-7-11-21(20)27(29)30-2/h4-16H,3H2,1-2H3. The Morgan fingerprint density at radius 3 is 2.58 bits per heavy atom. The van der Waals surface area contributed by atoms with Crippen molar-refractivity contribution in [3.8, 4) is 22.5 Å². The third kappa shape index (κ3) is 3.17. The molecule has 1 aliphatic heterocycles. The lowest BCUT2D eigenvalue weighted by Crippen LogP contribution is -2.06. The van der Waals surface area contributed by atoms with Crippen LogP contribution in [0.25, 0.3) is 44.2 Å². The van der Waals surface area contributed by atoms with E-state index in [0.717, 1.165) is 49.5 Å². The fourth-order valence-corrected chi connectivity index (χ4v) is 4.20. The van der Waals surface area contributed by atoms with Crippen LogP contribution in [0.5, 0.6) is 0 Å². The van der Waals surface area contributed by atoms with Crippen LogP contribution in [0.2, 0.25) is 0 Å². The molecule has 0 N–H and O–H groups in total. The minimum Gasteiger partial charge on any atom is -0.465 e. The summed E-state index contributed by atoms with van der Waals surface area (Å²) in [6.07, 6.45) is 0. The van der Waals surface area contributed by atoms with E-state index in [-0.39, 0.29) is 5.97 Å². The third-order valence-electron chi connectivity index (χ3n) is 5.54. The van der Waals surface area contributed by atoms with E-state index < -0.39 is 0 Å². The van der Waals surface area contributed by atoms with Crippen molar-refractivity contribution in [2.24, 2.45) is 4.99 Å². The summed E-state index contributed by atoms with van der Waals surface area (Å²) in [7, 11) is 1.41. The smallest absolute Gasteiger partial charge is 0.338 e. The van der Waals surface area contributed by atoms with Gasteiger partial charge in [0, 0.05) is 29.1 Å². The second kappa shape index (κ2) is 7.73. The molecule has 0 radical (unpaired) electrons. The topological polar surface area (TPSA) is 51.8 Å². The van der Waals surface area contributed by atoms with Gasteiger partial charge < -0.3 is 9.15 Å². The Morgan fingerprint density at radius 1 is 0.935 bits per heavy atom. The number of nitrogens with zero attached hydrogens (tertiary/aromatic N) is 1. The number of hydrogen-bond acceptors (Lipinski definition) is 4. The van der Waals surface area contributed by atoms with E-state index in [1.165, 1.54) is 7.11 Å². The molecule has 3 aromatic carbocycles. The van der Waals surface area contributed by atoms with Crippen LogP contribution >= 0.6 is 0 Å². The molecule has 0 amide bonds. The zero-order chi connectivity index (χ0) is 21.4. The first-order valence-electron chi connectivity index (χ1n) is 10.3. The minimum atomic E-state index is -0.365. The fourth-order valence-electron chi connectivity index (χ4n) is 4.20. The second-order valence-electron chi connectivity index (χ2n) is 7.33. The molecule has 5 rings (SSSR count). The normalized spacial score (nSPS) is 12.0. The van der Waals surface area contributed by atoms with Gasteiger partial charge in [-0.2, -0.15) is 0 Å². The molecule has 3 aromatic rings. The zero-order valence-corrected chi connectivity index (χ0v) is 17.4. The number of hydrogen-bond donors (Lipinski definition) is 0. The van der Waals surface area contributed by atoms with E-state index in [9.17, 15) is 4.79 Å². The first kappa shape index (κ1) is 19.1. The van der Waals surface area contributed by atoms with Crippen LogP contribution in [-0.2, 0) is 4.74 Å². The molecule has 31 heavy (non-hydrogen) atoms. The van der Waals surface area contributed by atoms with Crippen LogP contribution in [0.3, 0.4) is 0 Å². The number of methoxy groups -OCH3 is 1. The number of rotatable bonds is 3. The molecule has 1 aliphatic carbocycles. The van der Waals surface area contributed by atoms with Gasteiger partial charge in [-0.15, -0.1) is 0 Å². The molecule has 1 heterocycles. The largest absolute Gasteiger partial charge is 0.465 e. The summed E-state index contributed by atoms with van der Waals surface area (Å²) in [6.45, 7) is 2.70. The Hall–Kier alpha value is -3.92. The van der Waals surface area contributed by atoms with E-state index in [1.807, 2.05) is 61.5 Å². The highest BCUT2D eigenvalue weighted by atomic mass is 16.5. The van der Waals surface area contributed by atoms with Gasteiger partial charge in [0.15, 0.2) is 0 Å². The number of esters is 1. The van der Waals surface area contributed by atoms with E-state index in [2.05, 4.69) is 23.2 Å². The van der Waals surface area contributed by atoms with Crippen LogP contribution in [-0.4, -0.2) is 19.6 Å². The quantitative estimate of drug-likeness (QED) is 0.207. The van der Waals surface area contributed by atoms with Crippen LogP contribution in [0, 0.1) is 0 Å². The van der Waals surface area contributed by atoms with Crippen LogP contribution in [0.15, 0.2) is 88.3 Å². The van der Waals surface area contributed by atoms with Crippen molar-refractivity contribution >= 4 is 27.7 Å². The summed E-state index contributed by atoms with van der Waals surface area (Å²) in [6, 6.07) is 25.8. The van der Waals surface area contributed by atoms with Gasteiger partial charge in [0.25, 0.3) is 0 Å². The first-order chi connectivity index (χ1) is 15.2. The highest BCUT2D eigenvalue weighted by molar-refractivity contribution is 6.17. The molecule has 2 aliphatic rings. The predicted octanol–water partition coefficient (Wildman–Crippen LogP) is 6.07. The van der Waals surface area contributed by atoms with Crippen molar-refractivity contribution in [2.45, 2.75) is 6.92 Å². The monoisotopic (exact) mass is 407 g/mol. The van der Waals surface area contributed by atoms with E-state index in [1.54, 1.807) is 6.07 Å². The van der Waals surface area contributed by atoms with Gasteiger partial charge in [0.2, 0.25) is 0 Å². The lowest BCUT2D eigenvalue weighted by Gasteiger charge is -2.18. The van der Waals surface area contributed by atoms with Gasteiger partial charge in [-0.1, -0.05) is 48.5 Å². The van der Waals surface area contributed by atoms with Gasteiger partial charge >= 0.3 is 5.97 Å². The minimum absolute atomic E-state index is 0.365. The lowest BCUT2D eigenvalue weighted by atomic mass is 9.89. The number of benzene rings is 4. The molecule has 0 bridgehead atoms.